The molecule has 2 atom stereocenters. The fourth-order valence-electron chi connectivity index (χ4n) is 2.51. The van der Waals surface area contributed by atoms with Crippen LogP contribution in [0.15, 0.2) is 0 Å². The van der Waals surface area contributed by atoms with Crippen LogP contribution in [0.4, 0.5) is 0 Å². The Morgan fingerprint density at radius 3 is 2.62 bits per heavy atom. The highest BCUT2D eigenvalue weighted by Crippen LogP contribution is 2.33. The molecule has 1 rings (SSSR count). The molecule has 1 aliphatic rings. The van der Waals surface area contributed by atoms with Crippen molar-refractivity contribution < 1.29 is 0 Å². The summed E-state index contributed by atoms with van der Waals surface area (Å²) in [4.78, 5) is 0. The van der Waals surface area contributed by atoms with Crippen molar-refractivity contribution in [1.29, 1.82) is 0 Å². The van der Waals surface area contributed by atoms with Crippen LogP contribution in [-0.4, -0.2) is 29.6 Å². The van der Waals surface area contributed by atoms with Gasteiger partial charge in [-0.2, -0.15) is 11.8 Å². The maximum atomic E-state index is 6.02. The van der Waals surface area contributed by atoms with Crippen molar-refractivity contribution in [2.75, 3.05) is 18.8 Å². The van der Waals surface area contributed by atoms with Crippen LogP contribution < -0.4 is 11.1 Å². The predicted octanol–water partition coefficient (Wildman–Crippen LogP) is 2.63. The van der Waals surface area contributed by atoms with E-state index in [9.17, 15) is 0 Å². The normalized spacial score (nSPS) is 30.9. The summed E-state index contributed by atoms with van der Waals surface area (Å²) < 4.78 is 0. The quantitative estimate of drug-likeness (QED) is 0.754. The molecular formula is C13H28N2S. The number of nitrogens with one attached hydrogen (secondary N) is 1. The van der Waals surface area contributed by atoms with Crippen molar-refractivity contribution in [1.82, 2.24) is 5.32 Å². The summed E-state index contributed by atoms with van der Waals surface area (Å²) in [7, 11) is 0. The molecule has 0 radical (unpaired) electrons. The Bertz CT molecular complexity index is 194. The van der Waals surface area contributed by atoms with E-state index in [2.05, 4.69) is 37.8 Å². The molecule has 2 nitrogen and oxygen atoms in total. The molecule has 1 fully saturated rings. The van der Waals surface area contributed by atoms with Gasteiger partial charge < -0.3 is 11.1 Å². The van der Waals surface area contributed by atoms with Gasteiger partial charge in [0.2, 0.25) is 0 Å². The Kier molecular flexibility index (Phi) is 6.16. The summed E-state index contributed by atoms with van der Waals surface area (Å²) in [5.74, 6) is 2.11. The van der Waals surface area contributed by atoms with Gasteiger partial charge in [0.25, 0.3) is 0 Å². The molecule has 1 heterocycles. The molecular weight excluding hydrogens is 216 g/mol. The van der Waals surface area contributed by atoms with Crippen molar-refractivity contribution in [3.05, 3.63) is 0 Å². The van der Waals surface area contributed by atoms with Gasteiger partial charge in [-0.25, -0.2) is 0 Å². The van der Waals surface area contributed by atoms with Crippen LogP contribution in [0, 0.1) is 5.92 Å². The van der Waals surface area contributed by atoms with E-state index in [1.54, 1.807) is 0 Å². The van der Waals surface area contributed by atoms with E-state index in [0.717, 1.165) is 19.0 Å². The van der Waals surface area contributed by atoms with E-state index in [4.69, 9.17) is 5.73 Å². The lowest BCUT2D eigenvalue weighted by Crippen LogP contribution is -2.59. The third-order valence-electron chi connectivity index (χ3n) is 4.18. The average molecular weight is 244 g/mol. The van der Waals surface area contributed by atoms with Gasteiger partial charge in [0.1, 0.15) is 0 Å². The lowest BCUT2D eigenvalue weighted by atomic mass is 9.88. The Balaban J connectivity index is 2.51. The van der Waals surface area contributed by atoms with Crippen LogP contribution in [0.2, 0.25) is 0 Å². The molecule has 0 aromatic rings. The number of hydrogen-bond acceptors (Lipinski definition) is 3. The molecule has 0 aliphatic carbocycles. The van der Waals surface area contributed by atoms with Crippen molar-refractivity contribution in [3.8, 4) is 0 Å². The average Bonchev–Trinajstić information content (AvgIpc) is 2.33. The Morgan fingerprint density at radius 1 is 1.44 bits per heavy atom. The summed E-state index contributed by atoms with van der Waals surface area (Å²) in [6.45, 7) is 8.81. The van der Waals surface area contributed by atoms with Gasteiger partial charge in [0.15, 0.2) is 0 Å². The molecule has 2 unspecified atom stereocenters. The lowest BCUT2D eigenvalue weighted by molar-refractivity contribution is 0.272. The maximum Gasteiger partial charge on any atom is 0.0421 e. The molecule has 16 heavy (non-hydrogen) atoms. The number of thioether (sulfide) groups is 1. The smallest absolute Gasteiger partial charge is 0.0421 e. The third-order valence-corrected chi connectivity index (χ3v) is 5.65. The highest BCUT2D eigenvalue weighted by molar-refractivity contribution is 8.00. The minimum atomic E-state index is 0.200. The van der Waals surface area contributed by atoms with Gasteiger partial charge >= 0.3 is 0 Å². The fourth-order valence-corrected chi connectivity index (χ4v) is 3.79. The summed E-state index contributed by atoms with van der Waals surface area (Å²) >= 11 is 2.07. The number of nitrogens with two attached hydrogens (primary N) is 1. The monoisotopic (exact) mass is 244 g/mol. The minimum Gasteiger partial charge on any atom is -0.329 e. The molecule has 0 bridgehead atoms. The molecule has 0 amide bonds. The third kappa shape index (κ3) is 3.38. The summed E-state index contributed by atoms with van der Waals surface area (Å²) in [6, 6.07) is 0. The molecule has 96 valence electrons. The highest BCUT2D eigenvalue weighted by atomic mass is 32.2. The van der Waals surface area contributed by atoms with Crippen molar-refractivity contribution in [2.24, 2.45) is 11.7 Å². The zero-order valence-corrected chi connectivity index (χ0v) is 11.9. The second-order valence-electron chi connectivity index (χ2n) is 5.04. The Morgan fingerprint density at radius 2 is 2.12 bits per heavy atom. The van der Waals surface area contributed by atoms with Gasteiger partial charge in [-0.3, -0.25) is 0 Å². The Labute approximate surface area is 105 Å². The van der Waals surface area contributed by atoms with Crippen LogP contribution >= 0.6 is 11.8 Å². The lowest BCUT2D eigenvalue weighted by Gasteiger charge is -2.43. The SMILES string of the molecule is CCC(CC)CNC1(CN)CCCSC1C. The Hall–Kier alpha value is 0.270. The molecule has 1 aliphatic heterocycles. The van der Waals surface area contributed by atoms with Crippen molar-refractivity contribution in [3.63, 3.8) is 0 Å². The first-order valence-electron chi connectivity index (χ1n) is 6.75. The van der Waals surface area contributed by atoms with Gasteiger partial charge in [-0.15, -0.1) is 0 Å². The predicted molar refractivity (Wildman–Crippen MR) is 75.0 cm³/mol. The first kappa shape index (κ1) is 14.3. The van der Waals surface area contributed by atoms with Crippen LogP contribution in [0.3, 0.4) is 0 Å². The van der Waals surface area contributed by atoms with E-state index in [-0.39, 0.29) is 5.54 Å². The van der Waals surface area contributed by atoms with Gasteiger partial charge in [-0.05, 0) is 31.1 Å². The minimum absolute atomic E-state index is 0.200. The van der Waals surface area contributed by atoms with E-state index in [0.29, 0.717) is 5.25 Å². The topological polar surface area (TPSA) is 38.0 Å². The highest BCUT2D eigenvalue weighted by Gasteiger charge is 2.37. The molecule has 3 heteroatoms. The largest absolute Gasteiger partial charge is 0.329 e. The van der Waals surface area contributed by atoms with Crippen molar-refractivity contribution in [2.45, 2.75) is 57.2 Å². The molecule has 0 aromatic heterocycles. The fraction of sp³-hybridized carbons (Fsp3) is 1.00. The number of rotatable bonds is 6. The molecule has 1 saturated heterocycles. The first-order chi connectivity index (χ1) is 7.68. The second kappa shape index (κ2) is 6.87. The maximum absolute atomic E-state index is 6.02. The molecule has 0 saturated carbocycles. The van der Waals surface area contributed by atoms with Crippen LogP contribution in [-0.2, 0) is 0 Å². The molecule has 0 spiro atoms. The van der Waals surface area contributed by atoms with Gasteiger partial charge in [-0.1, -0.05) is 33.6 Å². The van der Waals surface area contributed by atoms with E-state index < -0.39 is 0 Å². The zero-order chi connectivity index (χ0) is 12.0. The summed E-state index contributed by atoms with van der Waals surface area (Å²) in [6.07, 6.45) is 5.09. The summed E-state index contributed by atoms with van der Waals surface area (Å²) in [5, 5.41) is 4.44. The summed E-state index contributed by atoms with van der Waals surface area (Å²) in [5.41, 5.74) is 6.22. The van der Waals surface area contributed by atoms with Crippen LogP contribution in [0.25, 0.3) is 0 Å². The van der Waals surface area contributed by atoms with Crippen molar-refractivity contribution >= 4 is 11.8 Å². The zero-order valence-electron chi connectivity index (χ0n) is 11.1. The molecule has 0 aromatic carbocycles. The first-order valence-corrected chi connectivity index (χ1v) is 7.80. The van der Waals surface area contributed by atoms with Gasteiger partial charge in [0, 0.05) is 17.3 Å². The van der Waals surface area contributed by atoms with Crippen LogP contribution in [0.1, 0.15) is 46.5 Å². The second-order valence-corrected chi connectivity index (χ2v) is 6.49. The number of hydrogen-bond donors (Lipinski definition) is 2. The van der Waals surface area contributed by atoms with E-state index in [1.165, 1.54) is 31.4 Å². The van der Waals surface area contributed by atoms with E-state index in [1.807, 2.05) is 0 Å². The standard InChI is InChI=1S/C13H28N2S/c1-4-12(5-2)9-15-13(10-14)7-6-8-16-11(13)3/h11-12,15H,4-10,14H2,1-3H3. The van der Waals surface area contributed by atoms with Crippen LogP contribution in [0.5, 0.6) is 0 Å². The van der Waals surface area contributed by atoms with E-state index >= 15 is 0 Å². The van der Waals surface area contributed by atoms with Gasteiger partial charge in [0.05, 0.1) is 0 Å². The molecule has 3 N–H and O–H groups in total.